The minimum absolute atomic E-state index is 0.162. The molecule has 0 saturated carbocycles. The van der Waals surface area contributed by atoms with E-state index >= 15 is 0 Å². The Bertz CT molecular complexity index is 816. The predicted octanol–water partition coefficient (Wildman–Crippen LogP) is -0.417. The van der Waals surface area contributed by atoms with Gasteiger partial charge in [-0.25, -0.2) is 0 Å². The van der Waals surface area contributed by atoms with Crippen molar-refractivity contribution in [1.82, 2.24) is 20.9 Å². The van der Waals surface area contributed by atoms with Crippen molar-refractivity contribution < 1.29 is 19.2 Å². The lowest BCUT2D eigenvalue weighted by molar-refractivity contribution is -0.141. The summed E-state index contributed by atoms with van der Waals surface area (Å²) >= 11 is 0. The van der Waals surface area contributed by atoms with E-state index in [9.17, 15) is 19.2 Å². The zero-order valence-electron chi connectivity index (χ0n) is 18.2. The number of benzene rings is 1. The highest BCUT2D eigenvalue weighted by molar-refractivity contribution is 5.93. The van der Waals surface area contributed by atoms with Gasteiger partial charge in [-0.1, -0.05) is 30.3 Å². The number of nitrogens with zero attached hydrogens (tertiary/aromatic N) is 1. The Hall–Kier alpha value is -3.43. The van der Waals surface area contributed by atoms with E-state index in [0.717, 1.165) is 5.56 Å². The van der Waals surface area contributed by atoms with Gasteiger partial charge in [0, 0.05) is 26.4 Å². The van der Waals surface area contributed by atoms with Gasteiger partial charge in [0.1, 0.15) is 12.1 Å². The Labute approximate surface area is 187 Å². The van der Waals surface area contributed by atoms with Gasteiger partial charge in [0.05, 0.1) is 6.04 Å². The molecule has 173 valence electrons. The molecule has 0 bridgehead atoms. The molecule has 1 aliphatic heterocycles. The molecule has 1 aliphatic rings. The molecule has 10 heteroatoms. The smallest absolute Gasteiger partial charge is 0.246 e. The topological polar surface area (TPSA) is 157 Å². The van der Waals surface area contributed by atoms with E-state index in [0.29, 0.717) is 45.2 Å². The molecule has 2 rings (SSSR count). The van der Waals surface area contributed by atoms with E-state index in [1.807, 2.05) is 36.6 Å². The standard InChI is InChI=1S/C22H31N6O4/c1-15(30)26-18(13-16-7-3-2-4-8-16)21(32)28-12-6-10-19(28)20(31)27-17(14-29)9-5-11-25-22(23)24/h2-4,7-8,17-19H,5-6,9-13H2,1H3,(H,26,30)(H,27,31)(H4,23,24,25)/t17-,18+,19-/m0/s1. The summed E-state index contributed by atoms with van der Waals surface area (Å²) in [6.45, 7) is 2.15. The van der Waals surface area contributed by atoms with Gasteiger partial charge in [-0.15, -0.1) is 0 Å². The number of nitrogens with two attached hydrogens (primary N) is 1. The van der Waals surface area contributed by atoms with Gasteiger partial charge < -0.3 is 26.6 Å². The molecule has 10 nitrogen and oxygen atoms in total. The third-order valence-corrected chi connectivity index (χ3v) is 5.24. The number of hydrogen-bond donors (Lipinski definition) is 5. The van der Waals surface area contributed by atoms with Gasteiger partial charge in [-0.3, -0.25) is 24.6 Å². The number of likely N-dealkylation sites (tertiary alicyclic amines) is 1. The monoisotopic (exact) mass is 443 g/mol. The first-order chi connectivity index (χ1) is 15.3. The fourth-order valence-electron chi connectivity index (χ4n) is 3.76. The maximum atomic E-state index is 13.2. The summed E-state index contributed by atoms with van der Waals surface area (Å²) in [5.74, 6) is -1.22. The minimum Gasteiger partial charge on any atom is -0.370 e. The van der Waals surface area contributed by atoms with E-state index < -0.39 is 24.0 Å². The molecule has 1 saturated heterocycles. The minimum atomic E-state index is -0.815. The first-order valence-corrected chi connectivity index (χ1v) is 10.7. The van der Waals surface area contributed by atoms with Gasteiger partial charge in [-0.05, 0) is 31.2 Å². The molecular weight excluding hydrogens is 412 g/mol. The summed E-state index contributed by atoms with van der Waals surface area (Å²) in [6.07, 6.45) is 4.11. The quantitative estimate of drug-likeness (QED) is 0.178. The molecule has 3 amide bonds. The summed E-state index contributed by atoms with van der Waals surface area (Å²) in [7, 11) is 0. The van der Waals surface area contributed by atoms with Crippen LogP contribution in [0.15, 0.2) is 30.3 Å². The molecule has 1 fully saturated rings. The van der Waals surface area contributed by atoms with E-state index in [2.05, 4.69) is 16.0 Å². The summed E-state index contributed by atoms with van der Waals surface area (Å²) in [5, 5.41) is 15.1. The van der Waals surface area contributed by atoms with Crippen molar-refractivity contribution in [3.63, 3.8) is 0 Å². The zero-order valence-corrected chi connectivity index (χ0v) is 18.2. The van der Waals surface area contributed by atoms with Crippen molar-refractivity contribution in [2.24, 2.45) is 5.73 Å². The Morgan fingerprint density at radius 1 is 1.25 bits per heavy atom. The molecule has 32 heavy (non-hydrogen) atoms. The number of carbonyl (C=O) groups excluding carboxylic acids is 4. The first kappa shape index (κ1) is 24.8. The maximum Gasteiger partial charge on any atom is 0.246 e. The van der Waals surface area contributed by atoms with Crippen LogP contribution < -0.4 is 21.7 Å². The number of carbonyl (C=O) groups is 3. The fourth-order valence-corrected chi connectivity index (χ4v) is 3.76. The average molecular weight is 444 g/mol. The number of rotatable bonds is 11. The first-order valence-electron chi connectivity index (χ1n) is 10.7. The molecule has 0 unspecified atom stereocenters. The lowest BCUT2D eigenvalue weighted by Crippen LogP contribution is -2.55. The van der Waals surface area contributed by atoms with Crippen LogP contribution >= 0.6 is 0 Å². The molecule has 1 heterocycles. The third kappa shape index (κ3) is 7.68. The van der Waals surface area contributed by atoms with Crippen LogP contribution in [0.2, 0.25) is 0 Å². The van der Waals surface area contributed by atoms with Crippen molar-refractivity contribution >= 4 is 30.0 Å². The Morgan fingerprint density at radius 3 is 2.59 bits per heavy atom. The van der Waals surface area contributed by atoms with Crippen molar-refractivity contribution in [3.8, 4) is 0 Å². The summed E-state index contributed by atoms with van der Waals surface area (Å²) in [4.78, 5) is 50.5. The van der Waals surface area contributed by atoms with E-state index in [1.54, 1.807) is 0 Å². The molecular formula is C22H31N6O4. The molecule has 0 aliphatic carbocycles. The zero-order chi connectivity index (χ0) is 23.5. The summed E-state index contributed by atoms with van der Waals surface area (Å²) in [6, 6.07) is 7.04. The molecule has 1 aromatic rings. The molecule has 1 aromatic carbocycles. The molecule has 0 spiro atoms. The van der Waals surface area contributed by atoms with Gasteiger partial charge >= 0.3 is 0 Å². The second-order valence-corrected chi connectivity index (χ2v) is 7.79. The second kappa shape index (κ2) is 12.4. The Kier molecular flexibility index (Phi) is 9.65. The highest BCUT2D eigenvalue weighted by atomic mass is 16.2. The van der Waals surface area contributed by atoms with E-state index in [4.69, 9.17) is 11.1 Å². The molecule has 6 N–H and O–H groups in total. The molecule has 1 radical (unpaired) electrons. The van der Waals surface area contributed by atoms with Crippen LogP contribution in [0.1, 0.15) is 38.2 Å². The van der Waals surface area contributed by atoms with Crippen molar-refractivity contribution in [2.75, 3.05) is 13.1 Å². The van der Waals surface area contributed by atoms with Gasteiger partial charge in [-0.2, -0.15) is 0 Å². The number of amides is 3. The highest BCUT2D eigenvalue weighted by Crippen LogP contribution is 2.20. The normalized spacial score (nSPS) is 17.2. The fraction of sp³-hybridized carbons (Fsp3) is 0.500. The molecule has 3 atom stereocenters. The van der Waals surface area contributed by atoms with Gasteiger partial charge in [0.15, 0.2) is 5.96 Å². The van der Waals surface area contributed by atoms with Crippen LogP contribution in [0.4, 0.5) is 0 Å². The lowest BCUT2D eigenvalue weighted by atomic mass is 10.0. The van der Waals surface area contributed by atoms with Crippen LogP contribution in [0, 0.1) is 5.41 Å². The number of hydrogen-bond acceptors (Lipinski definition) is 5. The molecule has 0 aromatic heterocycles. The summed E-state index contributed by atoms with van der Waals surface area (Å²) in [5.41, 5.74) is 6.11. The number of guanidine groups is 1. The van der Waals surface area contributed by atoms with Crippen molar-refractivity contribution in [3.05, 3.63) is 35.9 Å². The van der Waals surface area contributed by atoms with Crippen LogP contribution in [0.3, 0.4) is 0 Å². The summed E-state index contributed by atoms with van der Waals surface area (Å²) < 4.78 is 0. The highest BCUT2D eigenvalue weighted by Gasteiger charge is 2.38. The van der Waals surface area contributed by atoms with E-state index in [-0.39, 0.29) is 17.8 Å². The Morgan fingerprint density at radius 2 is 1.97 bits per heavy atom. The van der Waals surface area contributed by atoms with Crippen LogP contribution in [0.25, 0.3) is 0 Å². The second-order valence-electron chi connectivity index (χ2n) is 7.79. The van der Waals surface area contributed by atoms with Crippen LogP contribution in [-0.2, 0) is 25.6 Å². The lowest BCUT2D eigenvalue weighted by Gasteiger charge is -2.29. The number of nitrogens with one attached hydrogen (secondary N) is 4. The predicted molar refractivity (Wildman–Crippen MR) is 119 cm³/mol. The SMILES string of the molecule is CC(=O)N[C@H](Cc1ccccc1)C(=O)N1CCC[C@H]1C(=O)N[C@H]([C]=O)CCCNC(=N)N. The Balaban J connectivity index is 2.01. The van der Waals surface area contributed by atoms with Gasteiger partial charge in [0.25, 0.3) is 0 Å². The van der Waals surface area contributed by atoms with Gasteiger partial charge in [0.2, 0.25) is 24.0 Å². The van der Waals surface area contributed by atoms with Crippen molar-refractivity contribution in [2.45, 2.75) is 57.2 Å². The van der Waals surface area contributed by atoms with Crippen LogP contribution in [-0.4, -0.2) is 66.1 Å². The third-order valence-electron chi connectivity index (χ3n) is 5.24. The van der Waals surface area contributed by atoms with Crippen molar-refractivity contribution in [1.29, 1.82) is 5.41 Å². The average Bonchev–Trinajstić information content (AvgIpc) is 3.25. The van der Waals surface area contributed by atoms with E-state index in [1.165, 1.54) is 11.8 Å². The van der Waals surface area contributed by atoms with Crippen LogP contribution in [0.5, 0.6) is 0 Å². The maximum absolute atomic E-state index is 13.2. The largest absolute Gasteiger partial charge is 0.370 e.